The van der Waals surface area contributed by atoms with Gasteiger partial charge in [-0.15, -0.1) is 0 Å². The van der Waals surface area contributed by atoms with Gasteiger partial charge in [0.25, 0.3) is 0 Å². The number of thiocarbonyl (C=S) groups is 1. The minimum atomic E-state index is 0.387. The highest BCUT2D eigenvalue weighted by Crippen LogP contribution is 2.38. The zero-order valence-corrected chi connectivity index (χ0v) is 14.9. The van der Waals surface area contributed by atoms with Gasteiger partial charge in [0.1, 0.15) is 0 Å². The molecular weight excluding hydrogens is 300 g/mol. The number of hydrogen-bond acceptors (Lipinski definition) is 1. The molecule has 0 aromatic heterocycles. The lowest BCUT2D eigenvalue weighted by atomic mass is 9.71. The van der Waals surface area contributed by atoms with Crippen molar-refractivity contribution < 1.29 is 0 Å². The van der Waals surface area contributed by atoms with Crippen LogP contribution in [0.5, 0.6) is 0 Å². The van der Waals surface area contributed by atoms with E-state index in [9.17, 15) is 0 Å². The second-order valence-electron chi connectivity index (χ2n) is 7.17. The number of halogens is 1. The van der Waals surface area contributed by atoms with E-state index >= 15 is 0 Å². The van der Waals surface area contributed by atoms with Gasteiger partial charge in [0.05, 0.1) is 0 Å². The van der Waals surface area contributed by atoms with E-state index in [1.165, 1.54) is 12.8 Å². The molecule has 1 aliphatic rings. The first kappa shape index (κ1) is 16.6. The van der Waals surface area contributed by atoms with Crippen molar-refractivity contribution in [1.29, 1.82) is 0 Å². The molecule has 0 amide bonds. The largest absolute Gasteiger partial charge is 0.360 e. The van der Waals surface area contributed by atoms with Crippen molar-refractivity contribution >= 4 is 34.6 Å². The Labute approximate surface area is 138 Å². The van der Waals surface area contributed by atoms with E-state index in [4.69, 9.17) is 23.8 Å². The Morgan fingerprint density at radius 2 is 2.05 bits per heavy atom. The summed E-state index contributed by atoms with van der Waals surface area (Å²) in [5, 5.41) is 8.14. The number of aryl methyl sites for hydroxylation is 1. The van der Waals surface area contributed by atoms with Crippen LogP contribution < -0.4 is 10.6 Å². The minimum absolute atomic E-state index is 0.387. The SMILES string of the molecule is Cc1ccc(NC(=S)NC2CC(C)CC(C)(C)C2)cc1Cl. The summed E-state index contributed by atoms with van der Waals surface area (Å²) in [6, 6.07) is 6.37. The molecule has 0 heterocycles. The normalized spacial score (nSPS) is 24.4. The Morgan fingerprint density at radius 3 is 2.67 bits per heavy atom. The summed E-state index contributed by atoms with van der Waals surface area (Å²) in [7, 11) is 0. The molecule has 4 heteroatoms. The van der Waals surface area contributed by atoms with E-state index in [1.54, 1.807) is 0 Å². The predicted octanol–water partition coefficient (Wildman–Crippen LogP) is 5.15. The molecule has 1 aromatic rings. The van der Waals surface area contributed by atoms with E-state index < -0.39 is 0 Å². The molecule has 0 aliphatic heterocycles. The molecule has 2 N–H and O–H groups in total. The third kappa shape index (κ3) is 4.86. The standard InChI is InChI=1S/C17H25ClN2S/c1-11-7-14(10-17(3,4)9-11)20-16(21)19-13-6-5-12(2)15(18)8-13/h5-6,8,11,14H,7,9-10H2,1-4H3,(H2,19,20,21). The Kier molecular flexibility index (Phi) is 5.15. The lowest BCUT2D eigenvalue weighted by Gasteiger charge is -2.39. The van der Waals surface area contributed by atoms with Crippen LogP contribution in [0.4, 0.5) is 5.69 Å². The number of rotatable bonds is 2. The van der Waals surface area contributed by atoms with Crippen molar-refractivity contribution in [1.82, 2.24) is 5.32 Å². The average molecular weight is 325 g/mol. The fraction of sp³-hybridized carbons (Fsp3) is 0.588. The maximum Gasteiger partial charge on any atom is 0.170 e. The zero-order valence-electron chi connectivity index (χ0n) is 13.3. The van der Waals surface area contributed by atoms with E-state index in [1.807, 2.05) is 25.1 Å². The lowest BCUT2D eigenvalue weighted by Crippen LogP contribution is -2.44. The summed E-state index contributed by atoms with van der Waals surface area (Å²) in [6.07, 6.45) is 3.63. The van der Waals surface area contributed by atoms with Crippen molar-refractivity contribution in [3.63, 3.8) is 0 Å². The van der Waals surface area contributed by atoms with E-state index in [0.29, 0.717) is 16.6 Å². The molecule has 1 aliphatic carbocycles. The number of nitrogens with one attached hydrogen (secondary N) is 2. The first-order chi connectivity index (χ1) is 9.75. The first-order valence-corrected chi connectivity index (χ1v) is 8.37. The van der Waals surface area contributed by atoms with E-state index in [0.717, 1.165) is 28.6 Å². The van der Waals surface area contributed by atoms with Crippen LogP contribution in [0.2, 0.25) is 5.02 Å². The molecule has 2 unspecified atom stereocenters. The summed E-state index contributed by atoms with van der Waals surface area (Å²) < 4.78 is 0. The summed E-state index contributed by atoms with van der Waals surface area (Å²) in [5.41, 5.74) is 2.40. The van der Waals surface area contributed by atoms with Crippen molar-refractivity contribution in [2.24, 2.45) is 11.3 Å². The molecule has 2 nitrogen and oxygen atoms in total. The fourth-order valence-electron chi connectivity index (χ4n) is 3.48. The van der Waals surface area contributed by atoms with Crippen LogP contribution in [0.25, 0.3) is 0 Å². The molecule has 1 aromatic carbocycles. The lowest BCUT2D eigenvalue weighted by molar-refractivity contribution is 0.162. The van der Waals surface area contributed by atoms with Crippen molar-refractivity contribution in [2.75, 3.05) is 5.32 Å². The maximum absolute atomic E-state index is 6.14. The highest BCUT2D eigenvalue weighted by Gasteiger charge is 2.32. The Hall–Kier alpha value is -0.800. The van der Waals surface area contributed by atoms with E-state index in [2.05, 4.69) is 31.4 Å². The summed E-state index contributed by atoms with van der Waals surface area (Å²) in [4.78, 5) is 0. The van der Waals surface area contributed by atoms with Crippen LogP contribution in [-0.2, 0) is 0 Å². The Morgan fingerprint density at radius 1 is 1.33 bits per heavy atom. The molecular formula is C17H25ClN2S. The predicted molar refractivity (Wildman–Crippen MR) is 96.1 cm³/mol. The molecule has 21 heavy (non-hydrogen) atoms. The highest BCUT2D eigenvalue weighted by molar-refractivity contribution is 7.80. The van der Waals surface area contributed by atoms with Gasteiger partial charge < -0.3 is 10.6 Å². The highest BCUT2D eigenvalue weighted by atomic mass is 35.5. The van der Waals surface area contributed by atoms with Crippen LogP contribution in [0, 0.1) is 18.3 Å². The summed E-state index contributed by atoms with van der Waals surface area (Å²) >= 11 is 11.6. The smallest absolute Gasteiger partial charge is 0.170 e. The van der Waals surface area contributed by atoms with Gasteiger partial charge in [-0.25, -0.2) is 0 Å². The third-order valence-electron chi connectivity index (χ3n) is 4.15. The number of benzene rings is 1. The van der Waals surface area contributed by atoms with Crippen molar-refractivity contribution in [2.45, 2.75) is 53.0 Å². The Bertz CT molecular complexity index is 528. The average Bonchev–Trinajstić information content (AvgIpc) is 2.31. The van der Waals surface area contributed by atoms with Crippen LogP contribution in [-0.4, -0.2) is 11.2 Å². The molecule has 1 fully saturated rings. The second kappa shape index (κ2) is 6.53. The van der Waals surface area contributed by atoms with Gasteiger partial charge in [0.2, 0.25) is 0 Å². The Balaban J connectivity index is 1.93. The quantitative estimate of drug-likeness (QED) is 0.736. The molecule has 2 atom stereocenters. The van der Waals surface area contributed by atoms with Gasteiger partial charge in [0.15, 0.2) is 5.11 Å². The van der Waals surface area contributed by atoms with E-state index in [-0.39, 0.29) is 0 Å². The monoisotopic (exact) mass is 324 g/mol. The van der Waals surface area contributed by atoms with Crippen LogP contribution >= 0.6 is 23.8 Å². The van der Waals surface area contributed by atoms with Gasteiger partial charge in [0, 0.05) is 16.8 Å². The van der Waals surface area contributed by atoms with Gasteiger partial charge in [-0.3, -0.25) is 0 Å². The summed E-state index contributed by atoms with van der Waals surface area (Å²) in [6.45, 7) is 9.00. The summed E-state index contributed by atoms with van der Waals surface area (Å²) in [5.74, 6) is 0.739. The molecule has 116 valence electrons. The van der Waals surface area contributed by atoms with Gasteiger partial charge >= 0.3 is 0 Å². The van der Waals surface area contributed by atoms with Crippen molar-refractivity contribution in [3.05, 3.63) is 28.8 Å². The molecule has 0 radical (unpaired) electrons. The maximum atomic E-state index is 6.14. The van der Waals surface area contributed by atoms with Gasteiger partial charge in [-0.2, -0.15) is 0 Å². The second-order valence-corrected chi connectivity index (χ2v) is 7.99. The fourth-order valence-corrected chi connectivity index (χ4v) is 3.94. The zero-order chi connectivity index (χ0) is 15.6. The van der Waals surface area contributed by atoms with Crippen molar-refractivity contribution in [3.8, 4) is 0 Å². The van der Waals surface area contributed by atoms with Gasteiger partial charge in [-0.05, 0) is 67.4 Å². The van der Waals surface area contributed by atoms with Crippen LogP contribution in [0.15, 0.2) is 18.2 Å². The minimum Gasteiger partial charge on any atom is -0.360 e. The first-order valence-electron chi connectivity index (χ1n) is 7.59. The van der Waals surface area contributed by atoms with Crippen LogP contribution in [0.1, 0.15) is 45.6 Å². The third-order valence-corrected chi connectivity index (χ3v) is 4.78. The molecule has 1 saturated carbocycles. The van der Waals surface area contributed by atoms with Crippen LogP contribution in [0.3, 0.4) is 0 Å². The number of anilines is 1. The molecule has 0 spiro atoms. The molecule has 0 saturated heterocycles. The van der Waals surface area contributed by atoms with Gasteiger partial charge in [-0.1, -0.05) is 38.4 Å². The molecule has 0 bridgehead atoms. The molecule has 2 rings (SSSR count). The topological polar surface area (TPSA) is 24.1 Å². The number of hydrogen-bond donors (Lipinski definition) is 2.